The lowest BCUT2D eigenvalue weighted by molar-refractivity contribution is -0.0930. The van der Waals surface area contributed by atoms with Crippen LogP contribution in [0.3, 0.4) is 0 Å². The van der Waals surface area contributed by atoms with Crippen LogP contribution < -0.4 is 5.32 Å². The molecule has 1 unspecified atom stereocenters. The number of rotatable bonds is 4. The van der Waals surface area contributed by atoms with Crippen molar-refractivity contribution in [2.45, 2.75) is 43.7 Å². The summed E-state index contributed by atoms with van der Waals surface area (Å²) in [6.45, 7) is 1.79. The molecular formula is C13H21N3O2S. The van der Waals surface area contributed by atoms with E-state index < -0.39 is 0 Å². The van der Waals surface area contributed by atoms with Crippen LogP contribution in [0.4, 0.5) is 0 Å². The number of aromatic nitrogens is 2. The Hall–Kier alpha value is -0.590. The summed E-state index contributed by atoms with van der Waals surface area (Å²) in [7, 11) is 0. The molecule has 19 heavy (non-hydrogen) atoms. The van der Waals surface area contributed by atoms with Crippen LogP contribution in [-0.4, -0.2) is 46.4 Å². The third kappa shape index (κ3) is 3.49. The monoisotopic (exact) mass is 283 g/mol. The number of thioether (sulfide) groups is 1. The van der Waals surface area contributed by atoms with E-state index in [-0.39, 0.29) is 5.60 Å². The predicted octanol–water partition coefficient (Wildman–Crippen LogP) is 1.65. The van der Waals surface area contributed by atoms with E-state index in [4.69, 9.17) is 9.26 Å². The van der Waals surface area contributed by atoms with E-state index in [9.17, 15) is 0 Å². The van der Waals surface area contributed by atoms with Crippen molar-refractivity contribution >= 4 is 11.8 Å². The fourth-order valence-electron chi connectivity index (χ4n) is 2.98. The Kier molecular flexibility index (Phi) is 4.40. The molecule has 0 amide bonds. The van der Waals surface area contributed by atoms with Gasteiger partial charge in [-0.25, -0.2) is 0 Å². The summed E-state index contributed by atoms with van der Waals surface area (Å²) in [5.41, 5.74) is 0.158. The van der Waals surface area contributed by atoms with Crippen LogP contribution in [0.5, 0.6) is 0 Å². The Balaban J connectivity index is 1.45. The van der Waals surface area contributed by atoms with Crippen LogP contribution in [0.25, 0.3) is 0 Å². The molecule has 1 atom stereocenters. The zero-order valence-electron chi connectivity index (χ0n) is 11.1. The maximum Gasteiger partial charge on any atom is 0.227 e. The molecule has 3 rings (SSSR count). The number of nitrogens with one attached hydrogen (secondary N) is 1. The van der Waals surface area contributed by atoms with E-state index in [1.807, 2.05) is 0 Å². The van der Waals surface area contributed by atoms with Crippen molar-refractivity contribution in [3.8, 4) is 0 Å². The highest BCUT2D eigenvalue weighted by Gasteiger charge is 2.38. The zero-order valence-corrected chi connectivity index (χ0v) is 12.0. The third-order valence-electron chi connectivity index (χ3n) is 4.08. The van der Waals surface area contributed by atoms with E-state index >= 15 is 0 Å². The third-order valence-corrected chi connectivity index (χ3v) is 5.06. The van der Waals surface area contributed by atoms with Crippen LogP contribution >= 0.6 is 11.8 Å². The first kappa shape index (κ1) is 13.4. The summed E-state index contributed by atoms with van der Waals surface area (Å²) in [5, 5.41) is 7.24. The highest BCUT2D eigenvalue weighted by molar-refractivity contribution is 7.99. The first-order chi connectivity index (χ1) is 9.36. The normalized spacial score (nSPS) is 26.6. The minimum atomic E-state index is 0.158. The van der Waals surface area contributed by atoms with E-state index in [1.54, 1.807) is 0 Å². The zero-order chi connectivity index (χ0) is 13.0. The summed E-state index contributed by atoms with van der Waals surface area (Å²) < 4.78 is 11.1. The van der Waals surface area contributed by atoms with Gasteiger partial charge >= 0.3 is 0 Å². The van der Waals surface area contributed by atoms with Crippen molar-refractivity contribution in [3.05, 3.63) is 12.2 Å². The largest absolute Gasteiger partial charge is 0.375 e. The van der Waals surface area contributed by atoms with Gasteiger partial charge in [0.15, 0.2) is 6.33 Å². The van der Waals surface area contributed by atoms with Gasteiger partial charge in [0.05, 0.1) is 5.60 Å². The van der Waals surface area contributed by atoms with Crippen molar-refractivity contribution < 1.29 is 9.26 Å². The molecule has 0 bridgehead atoms. The van der Waals surface area contributed by atoms with E-state index in [2.05, 4.69) is 27.2 Å². The Labute approximate surface area is 117 Å². The Morgan fingerprint density at radius 1 is 1.42 bits per heavy atom. The SMILES string of the molecule is c1noc(CCNC2CCOC3(CCSCC3)C2)n1. The smallest absolute Gasteiger partial charge is 0.227 e. The van der Waals surface area contributed by atoms with Gasteiger partial charge in [-0.3, -0.25) is 0 Å². The van der Waals surface area contributed by atoms with Crippen LogP contribution in [0.15, 0.2) is 10.9 Å². The van der Waals surface area contributed by atoms with Crippen molar-refractivity contribution in [1.29, 1.82) is 0 Å². The summed E-state index contributed by atoms with van der Waals surface area (Å²) in [5.74, 6) is 3.20. The lowest BCUT2D eigenvalue weighted by Crippen LogP contribution is -2.49. The lowest BCUT2D eigenvalue weighted by atomic mass is 9.85. The molecule has 0 radical (unpaired) electrons. The second kappa shape index (κ2) is 6.24. The molecule has 1 spiro atoms. The fourth-order valence-corrected chi connectivity index (χ4v) is 4.22. The molecule has 106 valence electrons. The fraction of sp³-hybridized carbons (Fsp3) is 0.846. The van der Waals surface area contributed by atoms with E-state index in [1.165, 1.54) is 30.7 Å². The van der Waals surface area contributed by atoms with E-state index in [0.29, 0.717) is 11.9 Å². The lowest BCUT2D eigenvalue weighted by Gasteiger charge is -2.43. The predicted molar refractivity (Wildman–Crippen MR) is 74.3 cm³/mol. The van der Waals surface area contributed by atoms with Gasteiger partial charge in [0.25, 0.3) is 0 Å². The molecule has 2 aliphatic heterocycles. The van der Waals surface area contributed by atoms with Gasteiger partial charge in [-0.15, -0.1) is 0 Å². The molecular weight excluding hydrogens is 262 g/mol. The first-order valence-corrected chi connectivity index (χ1v) is 8.22. The van der Waals surface area contributed by atoms with Crippen LogP contribution in [0.2, 0.25) is 0 Å². The van der Waals surface area contributed by atoms with Gasteiger partial charge in [0.2, 0.25) is 5.89 Å². The Morgan fingerprint density at radius 2 is 2.32 bits per heavy atom. The van der Waals surface area contributed by atoms with Crippen LogP contribution in [0, 0.1) is 0 Å². The van der Waals surface area contributed by atoms with E-state index in [0.717, 1.165) is 32.4 Å². The highest BCUT2D eigenvalue weighted by Crippen LogP contribution is 2.37. The van der Waals surface area contributed by atoms with Gasteiger partial charge in [0.1, 0.15) is 0 Å². The van der Waals surface area contributed by atoms with Crippen molar-refractivity contribution in [3.63, 3.8) is 0 Å². The van der Waals surface area contributed by atoms with Crippen LogP contribution in [-0.2, 0) is 11.2 Å². The maximum absolute atomic E-state index is 6.09. The molecule has 1 aromatic heterocycles. The molecule has 2 aliphatic rings. The average Bonchev–Trinajstić information content (AvgIpc) is 2.93. The molecule has 0 saturated carbocycles. The molecule has 1 N–H and O–H groups in total. The minimum Gasteiger partial charge on any atom is -0.375 e. The molecule has 5 nitrogen and oxygen atoms in total. The summed E-state index contributed by atoms with van der Waals surface area (Å²) in [6, 6.07) is 0.569. The highest BCUT2D eigenvalue weighted by atomic mass is 32.2. The van der Waals surface area contributed by atoms with Gasteiger partial charge < -0.3 is 14.6 Å². The minimum absolute atomic E-state index is 0.158. The summed E-state index contributed by atoms with van der Waals surface area (Å²) in [4.78, 5) is 4.04. The molecule has 0 aromatic carbocycles. The van der Waals surface area contributed by atoms with Gasteiger partial charge in [-0.2, -0.15) is 16.7 Å². The van der Waals surface area contributed by atoms with Crippen molar-refractivity contribution in [2.75, 3.05) is 24.7 Å². The second-order valence-corrected chi connectivity index (χ2v) is 6.60. The van der Waals surface area contributed by atoms with Crippen molar-refractivity contribution in [2.24, 2.45) is 0 Å². The average molecular weight is 283 g/mol. The number of nitrogens with zero attached hydrogens (tertiary/aromatic N) is 2. The van der Waals surface area contributed by atoms with Gasteiger partial charge in [0, 0.05) is 25.6 Å². The first-order valence-electron chi connectivity index (χ1n) is 7.07. The van der Waals surface area contributed by atoms with Gasteiger partial charge in [-0.05, 0) is 37.2 Å². The number of hydrogen-bond acceptors (Lipinski definition) is 6. The molecule has 3 heterocycles. The summed E-state index contributed by atoms with van der Waals surface area (Å²) >= 11 is 2.05. The Bertz CT molecular complexity index is 374. The molecule has 1 aromatic rings. The number of hydrogen-bond donors (Lipinski definition) is 1. The molecule has 2 saturated heterocycles. The second-order valence-electron chi connectivity index (χ2n) is 5.37. The molecule has 6 heteroatoms. The van der Waals surface area contributed by atoms with Crippen LogP contribution in [0.1, 0.15) is 31.6 Å². The number of ether oxygens (including phenoxy) is 1. The topological polar surface area (TPSA) is 60.2 Å². The molecule has 0 aliphatic carbocycles. The standard InChI is InChI=1S/C13H21N3O2S/c1(12-15-10-16-18-12)5-14-11-2-6-17-13(9-11)3-7-19-8-4-13/h10-11,14H,1-9H2. The maximum atomic E-state index is 6.09. The van der Waals surface area contributed by atoms with Crippen molar-refractivity contribution in [1.82, 2.24) is 15.5 Å². The Morgan fingerprint density at radius 3 is 3.11 bits per heavy atom. The molecule has 2 fully saturated rings. The quantitative estimate of drug-likeness (QED) is 0.906. The van der Waals surface area contributed by atoms with Gasteiger partial charge in [-0.1, -0.05) is 5.16 Å². The summed E-state index contributed by atoms with van der Waals surface area (Å²) in [6.07, 6.45) is 6.94.